The van der Waals surface area contributed by atoms with Crippen LogP contribution in [0, 0.1) is 0 Å². The molecule has 98 valence electrons. The summed E-state index contributed by atoms with van der Waals surface area (Å²) in [4.78, 5) is 14.0. The van der Waals surface area contributed by atoms with Crippen molar-refractivity contribution in [1.29, 1.82) is 0 Å². The van der Waals surface area contributed by atoms with Gasteiger partial charge in [0, 0.05) is 25.7 Å². The number of likely N-dealkylation sites (tertiary alicyclic amines) is 1. The number of amides is 2. The van der Waals surface area contributed by atoms with Crippen molar-refractivity contribution >= 4 is 6.03 Å². The van der Waals surface area contributed by atoms with Crippen LogP contribution in [0.25, 0.3) is 0 Å². The van der Waals surface area contributed by atoms with E-state index in [1.54, 1.807) is 0 Å². The molecule has 0 aliphatic carbocycles. The summed E-state index contributed by atoms with van der Waals surface area (Å²) in [5, 5.41) is 6.46. The van der Waals surface area contributed by atoms with Gasteiger partial charge in [-0.25, -0.2) is 4.79 Å². The van der Waals surface area contributed by atoms with Crippen molar-refractivity contribution in [1.82, 2.24) is 15.5 Å². The number of rotatable bonds is 3. The first-order valence-electron chi connectivity index (χ1n) is 6.66. The van der Waals surface area contributed by atoms with Gasteiger partial charge in [0.05, 0.1) is 12.6 Å². The van der Waals surface area contributed by atoms with Gasteiger partial charge in [0.15, 0.2) is 0 Å². The van der Waals surface area contributed by atoms with E-state index in [0.717, 1.165) is 39.1 Å². The van der Waals surface area contributed by atoms with E-state index in [9.17, 15) is 4.79 Å². The van der Waals surface area contributed by atoms with Gasteiger partial charge < -0.3 is 20.3 Å². The van der Waals surface area contributed by atoms with Crippen LogP contribution in [0.2, 0.25) is 0 Å². The van der Waals surface area contributed by atoms with Crippen LogP contribution >= 0.6 is 0 Å². The first-order valence-corrected chi connectivity index (χ1v) is 6.66. The summed E-state index contributed by atoms with van der Waals surface area (Å²) in [6, 6.07) is 0.740. The van der Waals surface area contributed by atoms with Gasteiger partial charge in [0.1, 0.15) is 0 Å². The van der Waals surface area contributed by atoms with E-state index in [4.69, 9.17) is 4.74 Å². The minimum Gasteiger partial charge on any atom is -0.379 e. The highest BCUT2D eigenvalue weighted by molar-refractivity contribution is 5.74. The van der Waals surface area contributed by atoms with Crippen LogP contribution in [0.15, 0.2) is 0 Å². The lowest BCUT2D eigenvalue weighted by molar-refractivity contribution is 0.163. The molecule has 0 radical (unpaired) electrons. The minimum absolute atomic E-state index is 0.0723. The molecule has 2 saturated heterocycles. The lowest BCUT2D eigenvalue weighted by Crippen LogP contribution is -2.52. The molecule has 0 aromatic heterocycles. The topological polar surface area (TPSA) is 53.6 Å². The van der Waals surface area contributed by atoms with Gasteiger partial charge >= 0.3 is 6.03 Å². The lowest BCUT2D eigenvalue weighted by atomic mass is 10.1. The summed E-state index contributed by atoms with van der Waals surface area (Å²) in [6.07, 6.45) is 3.20. The minimum atomic E-state index is 0.0723. The van der Waals surface area contributed by atoms with Crippen LogP contribution in [0.5, 0.6) is 0 Å². The zero-order valence-electron chi connectivity index (χ0n) is 10.6. The molecule has 2 aliphatic heterocycles. The summed E-state index contributed by atoms with van der Waals surface area (Å²) in [7, 11) is 0. The Kier molecular flexibility index (Phi) is 4.62. The molecule has 0 aromatic carbocycles. The highest BCUT2D eigenvalue weighted by Gasteiger charge is 2.25. The molecule has 0 saturated carbocycles. The van der Waals surface area contributed by atoms with Crippen LogP contribution in [0.1, 0.15) is 26.2 Å². The summed E-state index contributed by atoms with van der Waals surface area (Å²) < 4.78 is 5.26. The third kappa shape index (κ3) is 3.57. The predicted molar refractivity (Wildman–Crippen MR) is 66.0 cm³/mol. The molecule has 0 bridgehead atoms. The van der Waals surface area contributed by atoms with E-state index >= 15 is 0 Å². The zero-order valence-corrected chi connectivity index (χ0v) is 10.6. The van der Waals surface area contributed by atoms with Gasteiger partial charge in [-0.05, 0) is 25.8 Å². The number of piperidine rings is 1. The molecule has 0 spiro atoms. The Balaban J connectivity index is 1.77. The van der Waals surface area contributed by atoms with Crippen molar-refractivity contribution in [3.05, 3.63) is 0 Å². The second-order valence-electron chi connectivity index (χ2n) is 4.85. The van der Waals surface area contributed by atoms with Gasteiger partial charge in [-0.1, -0.05) is 6.92 Å². The molecule has 2 fully saturated rings. The molecule has 0 aromatic rings. The number of hydrogen-bond acceptors (Lipinski definition) is 3. The van der Waals surface area contributed by atoms with Crippen molar-refractivity contribution in [3.63, 3.8) is 0 Å². The molecule has 2 unspecified atom stereocenters. The summed E-state index contributed by atoms with van der Waals surface area (Å²) in [6.45, 7) is 6.21. The number of hydrogen-bond donors (Lipinski definition) is 2. The number of likely N-dealkylation sites (N-methyl/N-ethyl adjacent to an activating group) is 1. The van der Waals surface area contributed by atoms with E-state index in [-0.39, 0.29) is 12.1 Å². The zero-order chi connectivity index (χ0) is 12.1. The highest BCUT2D eigenvalue weighted by Crippen LogP contribution is 2.11. The molecule has 2 heterocycles. The summed E-state index contributed by atoms with van der Waals surface area (Å²) >= 11 is 0. The number of carbonyl (C=O) groups excluding carboxylic acids is 1. The molecule has 2 N–H and O–H groups in total. The van der Waals surface area contributed by atoms with Gasteiger partial charge in [0.25, 0.3) is 0 Å². The largest absolute Gasteiger partial charge is 0.379 e. The summed E-state index contributed by atoms with van der Waals surface area (Å²) in [5.41, 5.74) is 0. The quantitative estimate of drug-likeness (QED) is 0.759. The van der Waals surface area contributed by atoms with E-state index in [1.165, 1.54) is 6.42 Å². The van der Waals surface area contributed by atoms with Gasteiger partial charge in [-0.3, -0.25) is 0 Å². The number of nitrogens with one attached hydrogen (secondary N) is 2. The first-order chi connectivity index (χ1) is 8.29. The Labute approximate surface area is 103 Å². The molecular formula is C12H23N3O2. The molecule has 2 atom stereocenters. The number of nitrogens with zero attached hydrogens (tertiary/aromatic N) is 1. The van der Waals surface area contributed by atoms with Crippen LogP contribution in [-0.2, 0) is 4.74 Å². The predicted octanol–water partition coefficient (Wildman–Crippen LogP) is 0.559. The third-order valence-electron chi connectivity index (χ3n) is 3.46. The second-order valence-corrected chi connectivity index (χ2v) is 4.85. The van der Waals surface area contributed by atoms with E-state index in [0.29, 0.717) is 12.6 Å². The van der Waals surface area contributed by atoms with Gasteiger partial charge in [-0.2, -0.15) is 0 Å². The Morgan fingerprint density at radius 3 is 3.00 bits per heavy atom. The average molecular weight is 241 g/mol. The van der Waals surface area contributed by atoms with Crippen molar-refractivity contribution in [3.8, 4) is 0 Å². The average Bonchev–Trinajstić information content (AvgIpc) is 2.83. The normalized spacial score (nSPS) is 29.4. The number of urea groups is 1. The van der Waals surface area contributed by atoms with E-state index in [1.807, 2.05) is 4.90 Å². The fraction of sp³-hybridized carbons (Fsp3) is 0.917. The van der Waals surface area contributed by atoms with E-state index in [2.05, 4.69) is 17.6 Å². The fourth-order valence-corrected chi connectivity index (χ4v) is 2.53. The molecular weight excluding hydrogens is 218 g/mol. The Bertz CT molecular complexity index is 252. The maximum absolute atomic E-state index is 12.0. The van der Waals surface area contributed by atoms with E-state index < -0.39 is 0 Å². The third-order valence-corrected chi connectivity index (χ3v) is 3.46. The fourth-order valence-electron chi connectivity index (χ4n) is 2.53. The molecule has 2 rings (SSSR count). The number of carbonyl (C=O) groups is 1. The lowest BCUT2D eigenvalue weighted by Gasteiger charge is -2.33. The molecule has 2 amide bonds. The number of ether oxygens (including phenoxy) is 1. The maximum atomic E-state index is 12.0. The molecule has 5 nitrogen and oxygen atoms in total. The Morgan fingerprint density at radius 2 is 2.29 bits per heavy atom. The smallest absolute Gasteiger partial charge is 0.317 e. The van der Waals surface area contributed by atoms with Gasteiger partial charge in [-0.15, -0.1) is 0 Å². The van der Waals surface area contributed by atoms with Crippen LogP contribution in [-0.4, -0.2) is 55.9 Å². The second kappa shape index (κ2) is 6.21. The SMILES string of the molecule is CCNC1CCCN(C(=O)NC2CCOC2)C1. The first kappa shape index (κ1) is 12.6. The van der Waals surface area contributed by atoms with Crippen LogP contribution in [0.4, 0.5) is 4.79 Å². The molecule has 17 heavy (non-hydrogen) atoms. The standard InChI is InChI=1S/C12H23N3O2/c1-2-13-10-4-3-6-15(8-10)12(16)14-11-5-7-17-9-11/h10-11,13H,2-9H2,1H3,(H,14,16). The summed E-state index contributed by atoms with van der Waals surface area (Å²) in [5.74, 6) is 0. The van der Waals surface area contributed by atoms with Crippen molar-refractivity contribution < 1.29 is 9.53 Å². The molecule has 5 heteroatoms. The van der Waals surface area contributed by atoms with Gasteiger partial charge in [0.2, 0.25) is 0 Å². The Hall–Kier alpha value is -0.810. The van der Waals surface area contributed by atoms with Crippen molar-refractivity contribution in [2.75, 3.05) is 32.8 Å². The highest BCUT2D eigenvalue weighted by atomic mass is 16.5. The van der Waals surface area contributed by atoms with Crippen molar-refractivity contribution in [2.24, 2.45) is 0 Å². The maximum Gasteiger partial charge on any atom is 0.317 e. The van der Waals surface area contributed by atoms with Crippen molar-refractivity contribution in [2.45, 2.75) is 38.3 Å². The van der Waals surface area contributed by atoms with Crippen LogP contribution in [0.3, 0.4) is 0 Å². The van der Waals surface area contributed by atoms with Crippen LogP contribution < -0.4 is 10.6 Å². The Morgan fingerprint density at radius 1 is 1.41 bits per heavy atom. The monoisotopic (exact) mass is 241 g/mol. The molecule has 2 aliphatic rings.